The van der Waals surface area contributed by atoms with Crippen molar-refractivity contribution < 1.29 is 9.53 Å². The standard InChI is InChI=1S/C16H21ClO2/c1-3-11-4-5-12(8-11)15(18)10-13-9-14(17)6-7-16(13)19-2/h6-7,9,11-12H,3-5,8,10H2,1-2H3. The molecule has 1 aliphatic rings. The molecule has 0 radical (unpaired) electrons. The fraction of sp³-hybridized carbons (Fsp3) is 0.562. The van der Waals surface area contributed by atoms with Gasteiger partial charge in [-0.25, -0.2) is 0 Å². The van der Waals surface area contributed by atoms with Crippen LogP contribution in [0.3, 0.4) is 0 Å². The minimum atomic E-state index is 0.230. The zero-order valence-corrected chi connectivity index (χ0v) is 12.4. The summed E-state index contributed by atoms with van der Waals surface area (Å²) >= 11 is 6.00. The van der Waals surface area contributed by atoms with Crippen molar-refractivity contribution in [2.24, 2.45) is 11.8 Å². The van der Waals surface area contributed by atoms with Gasteiger partial charge in [-0.2, -0.15) is 0 Å². The highest BCUT2D eigenvalue weighted by atomic mass is 35.5. The molecule has 19 heavy (non-hydrogen) atoms. The van der Waals surface area contributed by atoms with Crippen molar-refractivity contribution in [1.82, 2.24) is 0 Å². The Morgan fingerprint density at radius 3 is 2.84 bits per heavy atom. The van der Waals surface area contributed by atoms with E-state index in [0.717, 1.165) is 30.1 Å². The highest BCUT2D eigenvalue weighted by Crippen LogP contribution is 2.34. The summed E-state index contributed by atoms with van der Waals surface area (Å²) in [6.45, 7) is 2.21. The zero-order chi connectivity index (χ0) is 13.8. The van der Waals surface area contributed by atoms with Gasteiger partial charge in [0.1, 0.15) is 11.5 Å². The summed E-state index contributed by atoms with van der Waals surface area (Å²) in [6, 6.07) is 5.45. The minimum Gasteiger partial charge on any atom is -0.496 e. The topological polar surface area (TPSA) is 26.3 Å². The fourth-order valence-electron chi connectivity index (χ4n) is 2.96. The molecule has 1 fully saturated rings. The average molecular weight is 281 g/mol. The van der Waals surface area contributed by atoms with Gasteiger partial charge in [0, 0.05) is 22.9 Å². The van der Waals surface area contributed by atoms with Crippen molar-refractivity contribution in [3.05, 3.63) is 28.8 Å². The van der Waals surface area contributed by atoms with E-state index >= 15 is 0 Å². The van der Waals surface area contributed by atoms with E-state index in [2.05, 4.69) is 6.92 Å². The molecule has 3 heteroatoms. The lowest BCUT2D eigenvalue weighted by molar-refractivity contribution is -0.122. The largest absolute Gasteiger partial charge is 0.496 e. The Hall–Kier alpha value is -1.02. The maximum Gasteiger partial charge on any atom is 0.140 e. The predicted octanol–water partition coefficient (Wildman–Crippen LogP) is 4.29. The van der Waals surface area contributed by atoms with Crippen molar-refractivity contribution in [3.8, 4) is 5.75 Å². The van der Waals surface area contributed by atoms with E-state index in [1.165, 1.54) is 12.8 Å². The Morgan fingerprint density at radius 2 is 2.21 bits per heavy atom. The highest BCUT2D eigenvalue weighted by molar-refractivity contribution is 6.30. The molecule has 0 aromatic heterocycles. The maximum absolute atomic E-state index is 12.4. The summed E-state index contributed by atoms with van der Waals surface area (Å²) in [5, 5.41) is 0.654. The number of hydrogen-bond acceptors (Lipinski definition) is 2. The first kappa shape index (κ1) is 14.4. The van der Waals surface area contributed by atoms with Crippen LogP contribution in [0.15, 0.2) is 18.2 Å². The summed E-state index contributed by atoms with van der Waals surface area (Å²) in [5.41, 5.74) is 0.903. The first-order valence-corrected chi connectivity index (χ1v) is 7.37. The van der Waals surface area contributed by atoms with E-state index in [4.69, 9.17) is 16.3 Å². The van der Waals surface area contributed by atoms with Crippen molar-refractivity contribution in [2.75, 3.05) is 7.11 Å². The number of ketones is 1. The lowest BCUT2D eigenvalue weighted by Crippen LogP contribution is -2.14. The summed E-state index contributed by atoms with van der Waals surface area (Å²) in [4.78, 5) is 12.4. The number of methoxy groups -OCH3 is 1. The second-order valence-corrected chi connectivity index (χ2v) is 5.82. The first-order valence-electron chi connectivity index (χ1n) is 6.99. The number of hydrogen-bond donors (Lipinski definition) is 0. The van der Waals surface area contributed by atoms with Gasteiger partial charge in [0.25, 0.3) is 0 Å². The van der Waals surface area contributed by atoms with Crippen LogP contribution in [0.4, 0.5) is 0 Å². The third-order valence-corrected chi connectivity index (χ3v) is 4.42. The number of carbonyl (C=O) groups excluding carboxylic acids is 1. The van der Waals surface area contributed by atoms with Crippen LogP contribution in [-0.4, -0.2) is 12.9 Å². The predicted molar refractivity (Wildman–Crippen MR) is 77.8 cm³/mol. The number of benzene rings is 1. The van der Waals surface area contributed by atoms with E-state index in [1.54, 1.807) is 13.2 Å². The van der Waals surface area contributed by atoms with Crippen LogP contribution < -0.4 is 4.74 Å². The van der Waals surface area contributed by atoms with Crippen molar-refractivity contribution in [1.29, 1.82) is 0 Å². The van der Waals surface area contributed by atoms with Gasteiger partial charge in [0.2, 0.25) is 0 Å². The minimum absolute atomic E-state index is 0.230. The van der Waals surface area contributed by atoms with E-state index in [0.29, 0.717) is 17.2 Å². The van der Waals surface area contributed by atoms with Gasteiger partial charge < -0.3 is 4.74 Å². The Balaban J connectivity index is 2.05. The molecule has 0 heterocycles. The molecular formula is C16H21ClO2. The molecule has 104 valence electrons. The van der Waals surface area contributed by atoms with Crippen LogP contribution in [0.25, 0.3) is 0 Å². The fourth-order valence-corrected chi connectivity index (χ4v) is 3.15. The van der Waals surface area contributed by atoms with Crippen LogP contribution in [-0.2, 0) is 11.2 Å². The summed E-state index contributed by atoms with van der Waals surface area (Å²) in [5.74, 6) is 2.04. The normalized spacial score (nSPS) is 22.5. The number of Topliss-reactive ketones (excluding diaryl/α,β-unsaturated/α-hetero) is 1. The van der Waals surface area contributed by atoms with Crippen molar-refractivity contribution in [2.45, 2.75) is 39.0 Å². The summed E-state index contributed by atoms with van der Waals surface area (Å²) < 4.78 is 5.30. The Morgan fingerprint density at radius 1 is 1.42 bits per heavy atom. The second kappa shape index (κ2) is 6.42. The molecule has 2 atom stereocenters. The van der Waals surface area contributed by atoms with E-state index < -0.39 is 0 Å². The molecule has 2 unspecified atom stereocenters. The lowest BCUT2D eigenvalue weighted by atomic mass is 9.94. The molecule has 1 saturated carbocycles. The molecule has 1 aromatic carbocycles. The number of rotatable bonds is 5. The Labute approximate surface area is 120 Å². The van der Waals surface area contributed by atoms with Crippen LogP contribution in [0, 0.1) is 11.8 Å². The number of carbonyl (C=O) groups is 1. The van der Waals surface area contributed by atoms with Crippen molar-refractivity contribution in [3.63, 3.8) is 0 Å². The highest BCUT2D eigenvalue weighted by Gasteiger charge is 2.29. The molecule has 0 amide bonds. The quantitative estimate of drug-likeness (QED) is 0.804. The molecule has 0 N–H and O–H groups in total. The molecule has 2 nitrogen and oxygen atoms in total. The number of ether oxygens (including phenoxy) is 1. The molecule has 0 spiro atoms. The SMILES string of the molecule is CCC1CCC(C(=O)Cc2cc(Cl)ccc2OC)C1. The molecule has 1 aromatic rings. The van der Waals surface area contributed by atoms with Crippen LogP contribution in [0.2, 0.25) is 5.02 Å². The average Bonchev–Trinajstić information content (AvgIpc) is 2.88. The van der Waals surface area contributed by atoms with Crippen molar-refractivity contribution >= 4 is 17.4 Å². The van der Waals surface area contributed by atoms with Gasteiger partial charge in [0.15, 0.2) is 0 Å². The van der Waals surface area contributed by atoms with Gasteiger partial charge >= 0.3 is 0 Å². The van der Waals surface area contributed by atoms with E-state index in [-0.39, 0.29) is 5.92 Å². The summed E-state index contributed by atoms with van der Waals surface area (Å²) in [6.07, 6.45) is 4.91. The molecule has 0 bridgehead atoms. The molecule has 1 aliphatic carbocycles. The third-order valence-electron chi connectivity index (χ3n) is 4.18. The summed E-state index contributed by atoms with van der Waals surface area (Å²) in [7, 11) is 1.62. The maximum atomic E-state index is 12.4. The van der Waals surface area contributed by atoms with E-state index in [1.807, 2.05) is 12.1 Å². The molecule has 0 saturated heterocycles. The van der Waals surface area contributed by atoms with Gasteiger partial charge in [-0.15, -0.1) is 0 Å². The number of halogens is 1. The molecular weight excluding hydrogens is 260 g/mol. The van der Waals surface area contributed by atoms with Gasteiger partial charge in [-0.3, -0.25) is 4.79 Å². The van der Waals surface area contributed by atoms with Gasteiger partial charge in [-0.05, 0) is 43.4 Å². The smallest absolute Gasteiger partial charge is 0.140 e. The van der Waals surface area contributed by atoms with E-state index in [9.17, 15) is 4.79 Å². The monoisotopic (exact) mass is 280 g/mol. The Bertz CT molecular complexity index is 456. The first-order chi connectivity index (χ1) is 9.13. The Kier molecular flexibility index (Phi) is 4.87. The van der Waals surface area contributed by atoms with Gasteiger partial charge in [-0.1, -0.05) is 24.9 Å². The van der Waals surface area contributed by atoms with Gasteiger partial charge in [0.05, 0.1) is 7.11 Å². The van der Waals surface area contributed by atoms with Crippen LogP contribution >= 0.6 is 11.6 Å². The molecule has 0 aliphatic heterocycles. The van der Waals surface area contributed by atoms with Crippen LogP contribution in [0.1, 0.15) is 38.2 Å². The second-order valence-electron chi connectivity index (χ2n) is 5.38. The third kappa shape index (κ3) is 3.50. The molecule has 2 rings (SSSR count). The van der Waals surface area contributed by atoms with Crippen LogP contribution in [0.5, 0.6) is 5.75 Å². The zero-order valence-electron chi connectivity index (χ0n) is 11.6. The lowest BCUT2D eigenvalue weighted by Gasteiger charge is -2.12.